The van der Waals surface area contributed by atoms with E-state index in [1.807, 2.05) is 0 Å². The second-order valence-electron chi connectivity index (χ2n) is 5.86. The van der Waals surface area contributed by atoms with Crippen LogP contribution in [-0.4, -0.2) is 11.5 Å². The van der Waals surface area contributed by atoms with Crippen molar-refractivity contribution in [2.75, 3.05) is 6.54 Å². The minimum absolute atomic E-state index is 0.349. The molecule has 0 radical (unpaired) electrons. The molecule has 0 bridgehead atoms. The van der Waals surface area contributed by atoms with E-state index in [2.05, 4.69) is 67.5 Å². The van der Waals surface area contributed by atoms with Gasteiger partial charge in [0.05, 0.1) is 0 Å². The summed E-state index contributed by atoms with van der Waals surface area (Å²) >= 11 is 0. The Morgan fingerprint density at radius 3 is 2.67 bits per heavy atom. The van der Waals surface area contributed by atoms with Crippen LogP contribution in [0.4, 0.5) is 0 Å². The summed E-state index contributed by atoms with van der Waals surface area (Å²) in [6, 6.07) is 15.1. The van der Waals surface area contributed by atoms with Gasteiger partial charge >= 0.3 is 0 Å². The van der Waals surface area contributed by atoms with Crippen LogP contribution in [0.1, 0.15) is 28.2 Å². The SMILES string of the molecule is Cc1ccc2[nH]cc(C(CN)Cc3ccccc3C)c2c1. The first-order valence-corrected chi connectivity index (χ1v) is 7.51. The van der Waals surface area contributed by atoms with Gasteiger partial charge in [0.25, 0.3) is 0 Å². The van der Waals surface area contributed by atoms with Crippen LogP contribution >= 0.6 is 0 Å². The number of rotatable bonds is 4. The van der Waals surface area contributed by atoms with E-state index in [0.717, 1.165) is 6.42 Å². The highest BCUT2D eigenvalue weighted by molar-refractivity contribution is 5.84. The van der Waals surface area contributed by atoms with Gasteiger partial charge < -0.3 is 10.7 Å². The van der Waals surface area contributed by atoms with Crippen molar-refractivity contribution >= 4 is 10.9 Å². The molecule has 0 amide bonds. The lowest BCUT2D eigenvalue weighted by Gasteiger charge is -2.16. The van der Waals surface area contributed by atoms with Gasteiger partial charge in [-0.3, -0.25) is 0 Å². The number of benzene rings is 2. The second kappa shape index (κ2) is 5.74. The number of nitrogens with one attached hydrogen (secondary N) is 1. The number of fused-ring (bicyclic) bond motifs is 1. The van der Waals surface area contributed by atoms with Crippen LogP contribution in [0.15, 0.2) is 48.7 Å². The molecular formula is C19H22N2. The van der Waals surface area contributed by atoms with Gasteiger partial charge in [0.1, 0.15) is 0 Å². The Morgan fingerprint density at radius 2 is 1.90 bits per heavy atom. The third kappa shape index (κ3) is 2.72. The molecule has 1 unspecified atom stereocenters. The van der Waals surface area contributed by atoms with Crippen LogP contribution in [0.25, 0.3) is 10.9 Å². The molecular weight excluding hydrogens is 256 g/mol. The third-order valence-electron chi connectivity index (χ3n) is 4.32. The summed E-state index contributed by atoms with van der Waals surface area (Å²) in [6.07, 6.45) is 3.12. The van der Waals surface area contributed by atoms with Crippen molar-refractivity contribution in [1.82, 2.24) is 4.98 Å². The topological polar surface area (TPSA) is 41.8 Å². The molecule has 108 valence electrons. The molecule has 0 aliphatic carbocycles. The van der Waals surface area contributed by atoms with Crippen molar-refractivity contribution < 1.29 is 0 Å². The smallest absolute Gasteiger partial charge is 0.0457 e. The molecule has 0 aliphatic rings. The predicted molar refractivity (Wildman–Crippen MR) is 89.7 cm³/mol. The molecule has 2 aromatic carbocycles. The van der Waals surface area contributed by atoms with E-state index in [1.54, 1.807) is 0 Å². The van der Waals surface area contributed by atoms with Crippen molar-refractivity contribution in [3.05, 3.63) is 70.9 Å². The first-order valence-electron chi connectivity index (χ1n) is 7.51. The summed E-state index contributed by atoms with van der Waals surface area (Å²) in [4.78, 5) is 3.38. The van der Waals surface area contributed by atoms with Crippen molar-refractivity contribution in [1.29, 1.82) is 0 Å². The Labute approximate surface area is 126 Å². The fraction of sp³-hybridized carbons (Fsp3) is 0.263. The summed E-state index contributed by atoms with van der Waals surface area (Å²) in [7, 11) is 0. The number of hydrogen-bond donors (Lipinski definition) is 2. The van der Waals surface area contributed by atoms with Crippen molar-refractivity contribution in [3.63, 3.8) is 0 Å². The molecule has 3 rings (SSSR count). The number of aryl methyl sites for hydroxylation is 2. The Morgan fingerprint density at radius 1 is 1.10 bits per heavy atom. The molecule has 1 heterocycles. The van der Waals surface area contributed by atoms with Gasteiger partial charge in [-0.15, -0.1) is 0 Å². The Balaban J connectivity index is 1.99. The Hall–Kier alpha value is -2.06. The summed E-state index contributed by atoms with van der Waals surface area (Å²) in [6.45, 7) is 4.96. The van der Waals surface area contributed by atoms with Crippen molar-refractivity contribution in [2.24, 2.45) is 5.73 Å². The standard InChI is InChI=1S/C19H22N2/c1-13-7-8-19-17(9-13)18(12-21-19)16(11-20)10-15-6-4-3-5-14(15)2/h3-9,12,16,21H,10-11,20H2,1-2H3. The normalized spacial score (nSPS) is 12.7. The van der Waals surface area contributed by atoms with Crippen LogP contribution in [-0.2, 0) is 6.42 Å². The average Bonchev–Trinajstić information content (AvgIpc) is 2.89. The maximum atomic E-state index is 6.08. The van der Waals surface area contributed by atoms with E-state index in [4.69, 9.17) is 5.73 Å². The summed E-state index contributed by atoms with van der Waals surface area (Å²) < 4.78 is 0. The maximum absolute atomic E-state index is 6.08. The van der Waals surface area contributed by atoms with Gasteiger partial charge in [0, 0.05) is 23.0 Å². The van der Waals surface area contributed by atoms with Crippen molar-refractivity contribution in [3.8, 4) is 0 Å². The van der Waals surface area contributed by atoms with Crippen molar-refractivity contribution in [2.45, 2.75) is 26.2 Å². The van der Waals surface area contributed by atoms with Gasteiger partial charge in [0.2, 0.25) is 0 Å². The predicted octanol–water partition coefficient (Wildman–Crippen LogP) is 4.07. The van der Waals surface area contributed by atoms with E-state index < -0.39 is 0 Å². The number of hydrogen-bond acceptors (Lipinski definition) is 1. The zero-order valence-corrected chi connectivity index (χ0v) is 12.7. The first kappa shape index (κ1) is 13.9. The molecule has 0 saturated heterocycles. The molecule has 0 aliphatic heterocycles. The average molecular weight is 278 g/mol. The van der Waals surface area contributed by atoms with Gasteiger partial charge in [-0.25, -0.2) is 0 Å². The molecule has 1 aromatic heterocycles. The molecule has 21 heavy (non-hydrogen) atoms. The minimum Gasteiger partial charge on any atom is -0.361 e. The number of H-pyrrole nitrogens is 1. The fourth-order valence-electron chi connectivity index (χ4n) is 3.02. The highest BCUT2D eigenvalue weighted by atomic mass is 14.7. The number of aromatic nitrogens is 1. The summed E-state index contributed by atoms with van der Waals surface area (Å²) in [5, 5.41) is 1.30. The van der Waals surface area contributed by atoms with Gasteiger partial charge in [-0.1, -0.05) is 35.9 Å². The monoisotopic (exact) mass is 278 g/mol. The highest BCUT2D eigenvalue weighted by Crippen LogP contribution is 2.29. The molecule has 0 spiro atoms. The lowest BCUT2D eigenvalue weighted by molar-refractivity contribution is 0.697. The Bertz CT molecular complexity index is 755. The summed E-state index contributed by atoms with van der Waals surface area (Å²) in [5.41, 5.74) is 12.6. The molecule has 3 aromatic rings. The van der Waals surface area contributed by atoms with E-state index >= 15 is 0 Å². The summed E-state index contributed by atoms with van der Waals surface area (Å²) in [5.74, 6) is 0.349. The second-order valence-corrected chi connectivity index (χ2v) is 5.86. The maximum Gasteiger partial charge on any atom is 0.0457 e. The number of nitrogens with two attached hydrogens (primary N) is 1. The molecule has 0 saturated carbocycles. The molecule has 0 fully saturated rings. The van der Waals surface area contributed by atoms with Gasteiger partial charge in [-0.2, -0.15) is 0 Å². The Kier molecular flexibility index (Phi) is 3.80. The van der Waals surface area contributed by atoms with E-state index in [9.17, 15) is 0 Å². The van der Waals surface area contributed by atoms with Gasteiger partial charge in [0.15, 0.2) is 0 Å². The zero-order valence-electron chi connectivity index (χ0n) is 12.7. The first-order chi connectivity index (χ1) is 10.2. The minimum atomic E-state index is 0.349. The molecule has 2 nitrogen and oxygen atoms in total. The molecule has 3 N–H and O–H groups in total. The quantitative estimate of drug-likeness (QED) is 0.742. The van der Waals surface area contributed by atoms with Crippen LogP contribution in [0.5, 0.6) is 0 Å². The lowest BCUT2D eigenvalue weighted by Crippen LogP contribution is -2.15. The lowest BCUT2D eigenvalue weighted by atomic mass is 9.90. The molecule has 2 heteroatoms. The van der Waals surface area contributed by atoms with E-state index in [1.165, 1.54) is 33.2 Å². The highest BCUT2D eigenvalue weighted by Gasteiger charge is 2.16. The van der Waals surface area contributed by atoms with Crippen LogP contribution in [0.3, 0.4) is 0 Å². The fourth-order valence-corrected chi connectivity index (χ4v) is 3.02. The van der Waals surface area contributed by atoms with Crippen LogP contribution in [0.2, 0.25) is 0 Å². The van der Waals surface area contributed by atoms with Crippen LogP contribution in [0, 0.1) is 13.8 Å². The molecule has 1 atom stereocenters. The van der Waals surface area contributed by atoms with Crippen LogP contribution < -0.4 is 5.73 Å². The zero-order chi connectivity index (χ0) is 14.8. The number of aromatic amines is 1. The van der Waals surface area contributed by atoms with E-state index in [-0.39, 0.29) is 0 Å². The largest absolute Gasteiger partial charge is 0.361 e. The third-order valence-corrected chi connectivity index (χ3v) is 4.32. The van der Waals surface area contributed by atoms with E-state index in [0.29, 0.717) is 12.5 Å². The van der Waals surface area contributed by atoms with Gasteiger partial charge in [-0.05, 0) is 55.6 Å².